The molecule has 4 heterocycles. The van der Waals surface area contributed by atoms with Crippen molar-refractivity contribution in [3.8, 4) is 11.3 Å². The van der Waals surface area contributed by atoms with E-state index in [4.69, 9.17) is 5.10 Å². The zero-order valence-corrected chi connectivity index (χ0v) is 15.4. The Morgan fingerprint density at radius 1 is 1.00 bits per heavy atom. The second kappa shape index (κ2) is 5.77. The van der Waals surface area contributed by atoms with Crippen molar-refractivity contribution in [2.75, 3.05) is 0 Å². The number of nitrogens with zero attached hydrogens (tertiary/aromatic N) is 7. The molecule has 4 aromatic heterocycles. The van der Waals surface area contributed by atoms with Crippen LogP contribution in [0.15, 0.2) is 55.2 Å². The predicted molar refractivity (Wildman–Crippen MR) is 103 cm³/mol. The number of rotatable bonds is 3. The molecule has 0 fully saturated rings. The summed E-state index contributed by atoms with van der Waals surface area (Å²) in [6.45, 7) is 2.18. The van der Waals surface area contributed by atoms with Crippen LogP contribution in [0, 0.1) is 0 Å². The second-order valence-corrected chi connectivity index (χ2v) is 6.90. The van der Waals surface area contributed by atoms with E-state index in [1.54, 1.807) is 4.68 Å². The van der Waals surface area contributed by atoms with Crippen molar-refractivity contribution in [2.45, 2.75) is 12.8 Å². The van der Waals surface area contributed by atoms with E-state index in [0.717, 1.165) is 33.6 Å². The van der Waals surface area contributed by atoms with Crippen molar-refractivity contribution in [1.29, 1.82) is 0 Å². The molecule has 1 aromatic carbocycles. The summed E-state index contributed by atoms with van der Waals surface area (Å²) < 4.78 is 5.75. The fourth-order valence-electron chi connectivity index (χ4n) is 3.48. The molecule has 134 valence electrons. The van der Waals surface area contributed by atoms with Crippen LogP contribution < -0.4 is 0 Å². The van der Waals surface area contributed by atoms with E-state index in [1.165, 1.54) is 5.56 Å². The Hall–Kier alpha value is -3.48. The minimum atomic E-state index is 0.149. The molecule has 0 bridgehead atoms. The Kier molecular flexibility index (Phi) is 3.36. The van der Waals surface area contributed by atoms with Gasteiger partial charge in [-0.3, -0.25) is 4.68 Å². The standard InChI is InChI=1S/C20H19N7/c1-13(14-4-5-17-18(8-14)25(2)12-22-17)19-10-21-20-7-6-16(24-27(19)20)15-9-23-26(3)11-15/h4-13H,1-3H3. The van der Waals surface area contributed by atoms with Crippen LogP contribution in [0.25, 0.3) is 27.9 Å². The first kappa shape index (κ1) is 15.7. The van der Waals surface area contributed by atoms with Gasteiger partial charge in [-0.2, -0.15) is 10.2 Å². The van der Waals surface area contributed by atoms with E-state index in [2.05, 4.69) is 40.2 Å². The molecule has 0 N–H and O–H groups in total. The Bertz CT molecular complexity index is 1270. The molecule has 0 aliphatic rings. The zero-order valence-electron chi connectivity index (χ0n) is 15.4. The molecule has 0 aliphatic carbocycles. The molecule has 27 heavy (non-hydrogen) atoms. The Balaban J connectivity index is 1.61. The number of fused-ring (bicyclic) bond motifs is 2. The molecular weight excluding hydrogens is 338 g/mol. The lowest BCUT2D eigenvalue weighted by Crippen LogP contribution is -2.04. The van der Waals surface area contributed by atoms with Gasteiger partial charge in [-0.1, -0.05) is 13.0 Å². The molecule has 0 amide bonds. The van der Waals surface area contributed by atoms with Gasteiger partial charge in [0.25, 0.3) is 0 Å². The number of hydrogen-bond donors (Lipinski definition) is 0. The summed E-state index contributed by atoms with van der Waals surface area (Å²) in [6, 6.07) is 10.4. The van der Waals surface area contributed by atoms with Gasteiger partial charge in [0.1, 0.15) is 0 Å². The number of benzene rings is 1. The summed E-state index contributed by atoms with van der Waals surface area (Å²) in [4.78, 5) is 8.94. The van der Waals surface area contributed by atoms with Gasteiger partial charge in [0, 0.05) is 31.8 Å². The molecular formula is C20H19N7. The highest BCUT2D eigenvalue weighted by atomic mass is 15.3. The lowest BCUT2D eigenvalue weighted by molar-refractivity contribution is 0.767. The summed E-state index contributed by atoms with van der Waals surface area (Å²) in [5, 5.41) is 9.06. The average Bonchev–Trinajstić information content (AvgIpc) is 3.39. The molecule has 0 saturated carbocycles. The third kappa shape index (κ3) is 2.51. The lowest BCUT2D eigenvalue weighted by atomic mass is 9.98. The van der Waals surface area contributed by atoms with E-state index in [1.807, 2.05) is 60.2 Å². The number of imidazole rings is 2. The minimum Gasteiger partial charge on any atom is -0.334 e. The van der Waals surface area contributed by atoms with Crippen LogP contribution in [0.5, 0.6) is 0 Å². The first-order valence-electron chi connectivity index (χ1n) is 8.85. The largest absolute Gasteiger partial charge is 0.334 e. The first-order chi connectivity index (χ1) is 13.1. The summed E-state index contributed by atoms with van der Waals surface area (Å²) in [5.74, 6) is 0.149. The molecule has 0 aliphatic heterocycles. The monoisotopic (exact) mass is 357 g/mol. The van der Waals surface area contributed by atoms with E-state index >= 15 is 0 Å². The molecule has 7 nitrogen and oxygen atoms in total. The van der Waals surface area contributed by atoms with Crippen LogP contribution in [0.2, 0.25) is 0 Å². The van der Waals surface area contributed by atoms with Gasteiger partial charge in [-0.15, -0.1) is 0 Å². The van der Waals surface area contributed by atoms with Gasteiger partial charge in [-0.25, -0.2) is 14.5 Å². The highest BCUT2D eigenvalue weighted by molar-refractivity contribution is 5.76. The van der Waals surface area contributed by atoms with E-state index in [9.17, 15) is 0 Å². The SMILES string of the molecule is CC(c1ccc2ncn(C)c2c1)c1cnc2ccc(-c3cnn(C)c3)nn12. The number of aryl methyl sites for hydroxylation is 2. The van der Waals surface area contributed by atoms with Crippen molar-refractivity contribution < 1.29 is 0 Å². The summed E-state index contributed by atoms with van der Waals surface area (Å²) in [6.07, 6.45) is 7.54. The van der Waals surface area contributed by atoms with Crippen molar-refractivity contribution in [3.63, 3.8) is 0 Å². The average molecular weight is 357 g/mol. The third-order valence-corrected chi connectivity index (χ3v) is 5.08. The van der Waals surface area contributed by atoms with E-state index in [-0.39, 0.29) is 5.92 Å². The molecule has 0 radical (unpaired) electrons. The normalized spacial score (nSPS) is 12.9. The van der Waals surface area contributed by atoms with E-state index in [0.29, 0.717) is 0 Å². The van der Waals surface area contributed by atoms with Crippen LogP contribution in [-0.4, -0.2) is 33.9 Å². The molecule has 0 spiro atoms. The van der Waals surface area contributed by atoms with Crippen molar-refractivity contribution in [3.05, 3.63) is 66.5 Å². The van der Waals surface area contributed by atoms with Crippen LogP contribution in [0.4, 0.5) is 0 Å². The number of hydrogen-bond acceptors (Lipinski definition) is 4. The van der Waals surface area contributed by atoms with Gasteiger partial charge >= 0.3 is 0 Å². The second-order valence-electron chi connectivity index (χ2n) is 6.90. The van der Waals surface area contributed by atoms with Crippen LogP contribution >= 0.6 is 0 Å². The highest BCUT2D eigenvalue weighted by Crippen LogP contribution is 2.27. The van der Waals surface area contributed by atoms with Crippen molar-refractivity contribution in [2.24, 2.45) is 14.1 Å². The summed E-state index contributed by atoms with van der Waals surface area (Å²) in [7, 11) is 3.92. The van der Waals surface area contributed by atoms with Crippen LogP contribution in [0.1, 0.15) is 24.1 Å². The molecule has 1 unspecified atom stereocenters. The van der Waals surface area contributed by atoms with Crippen molar-refractivity contribution >= 4 is 16.7 Å². The maximum atomic E-state index is 4.82. The lowest BCUT2D eigenvalue weighted by Gasteiger charge is -2.12. The molecule has 7 heteroatoms. The van der Waals surface area contributed by atoms with Gasteiger partial charge in [0.15, 0.2) is 5.65 Å². The fraction of sp³-hybridized carbons (Fsp3) is 0.200. The Morgan fingerprint density at radius 2 is 1.89 bits per heavy atom. The predicted octanol–water partition coefficient (Wildman–Crippen LogP) is 3.17. The first-order valence-corrected chi connectivity index (χ1v) is 8.85. The minimum absolute atomic E-state index is 0.149. The molecule has 0 saturated heterocycles. The molecule has 5 rings (SSSR count). The molecule has 1 atom stereocenters. The van der Waals surface area contributed by atoms with Gasteiger partial charge in [0.2, 0.25) is 0 Å². The summed E-state index contributed by atoms with van der Waals surface area (Å²) in [5.41, 5.74) is 7.10. The van der Waals surface area contributed by atoms with Gasteiger partial charge in [-0.05, 0) is 29.8 Å². The topological polar surface area (TPSA) is 65.8 Å². The zero-order chi connectivity index (χ0) is 18.5. The highest BCUT2D eigenvalue weighted by Gasteiger charge is 2.16. The fourth-order valence-corrected chi connectivity index (χ4v) is 3.48. The Morgan fingerprint density at radius 3 is 2.70 bits per heavy atom. The van der Waals surface area contributed by atoms with Crippen LogP contribution in [-0.2, 0) is 14.1 Å². The van der Waals surface area contributed by atoms with E-state index < -0.39 is 0 Å². The quantitative estimate of drug-likeness (QED) is 0.497. The maximum absolute atomic E-state index is 4.82. The van der Waals surface area contributed by atoms with Gasteiger partial charge < -0.3 is 4.57 Å². The maximum Gasteiger partial charge on any atom is 0.153 e. The Labute approximate surface area is 155 Å². The van der Waals surface area contributed by atoms with Crippen molar-refractivity contribution in [1.82, 2.24) is 33.9 Å². The smallest absolute Gasteiger partial charge is 0.153 e. The molecule has 5 aromatic rings. The third-order valence-electron chi connectivity index (χ3n) is 5.08. The van der Waals surface area contributed by atoms with Gasteiger partial charge in [0.05, 0.1) is 41.1 Å². The van der Waals surface area contributed by atoms with Crippen LogP contribution in [0.3, 0.4) is 0 Å². The number of aromatic nitrogens is 7. The summed E-state index contributed by atoms with van der Waals surface area (Å²) >= 11 is 0.